The molecule has 1 aromatic rings. The summed E-state index contributed by atoms with van der Waals surface area (Å²) in [6.45, 7) is 4.66. The maximum Gasteiger partial charge on any atom is 0.240 e. The fourth-order valence-electron chi connectivity index (χ4n) is 1.41. The van der Waals surface area contributed by atoms with Gasteiger partial charge in [0.2, 0.25) is 10.0 Å². The van der Waals surface area contributed by atoms with E-state index in [-0.39, 0.29) is 11.4 Å². The molecule has 20 heavy (non-hydrogen) atoms. The van der Waals surface area contributed by atoms with Gasteiger partial charge in [0.15, 0.2) is 0 Å². The van der Waals surface area contributed by atoms with Gasteiger partial charge in [-0.3, -0.25) is 0 Å². The third-order valence-electron chi connectivity index (χ3n) is 2.44. The van der Waals surface area contributed by atoms with Crippen LogP contribution < -0.4 is 9.46 Å². The van der Waals surface area contributed by atoms with Gasteiger partial charge in [0.1, 0.15) is 5.75 Å². The van der Waals surface area contributed by atoms with Crippen molar-refractivity contribution in [3.05, 3.63) is 35.3 Å². The Morgan fingerprint density at radius 3 is 2.75 bits per heavy atom. The Morgan fingerprint density at radius 1 is 1.40 bits per heavy atom. The Bertz CT molecular complexity index is 545. The van der Waals surface area contributed by atoms with Crippen molar-refractivity contribution in [3.8, 4) is 5.75 Å². The van der Waals surface area contributed by atoms with Gasteiger partial charge in [-0.1, -0.05) is 6.08 Å². The maximum atomic E-state index is 12.0. The summed E-state index contributed by atoms with van der Waals surface area (Å²) in [5.74, 6) is 0.580. The molecular formula is C13H18BrNO4S. The first kappa shape index (κ1) is 17.2. The number of hydrogen-bond donors (Lipinski definition) is 1. The number of methoxy groups -OCH3 is 1. The average Bonchev–Trinajstić information content (AvgIpc) is 2.42. The van der Waals surface area contributed by atoms with Crippen molar-refractivity contribution in [1.82, 2.24) is 4.72 Å². The summed E-state index contributed by atoms with van der Waals surface area (Å²) in [4.78, 5) is 0.177. The predicted molar refractivity (Wildman–Crippen MR) is 81.5 cm³/mol. The average molecular weight is 364 g/mol. The highest BCUT2D eigenvalue weighted by Gasteiger charge is 2.15. The van der Waals surface area contributed by atoms with E-state index in [0.717, 1.165) is 6.42 Å². The quantitative estimate of drug-likeness (QED) is 0.540. The molecule has 0 aliphatic heterocycles. The standard InChI is InChI=1S/C13H18BrNO4S/c1-3-4-8-19-9-7-15-20(16,17)11-5-6-13(18-2)12(14)10-11/h3,5-6,10,15H,1,4,7-9H2,2H3. The molecule has 0 heterocycles. The second-order valence-electron chi connectivity index (χ2n) is 3.88. The van der Waals surface area contributed by atoms with E-state index in [2.05, 4.69) is 27.2 Å². The molecule has 0 fully saturated rings. The van der Waals surface area contributed by atoms with Gasteiger partial charge in [-0.25, -0.2) is 13.1 Å². The Hall–Kier alpha value is -0.890. The van der Waals surface area contributed by atoms with Crippen LogP contribution in [0.2, 0.25) is 0 Å². The van der Waals surface area contributed by atoms with Crippen LogP contribution >= 0.6 is 15.9 Å². The van der Waals surface area contributed by atoms with Crippen LogP contribution in [0, 0.1) is 0 Å². The molecular weight excluding hydrogens is 346 g/mol. The highest BCUT2D eigenvalue weighted by Crippen LogP contribution is 2.27. The van der Waals surface area contributed by atoms with Gasteiger partial charge in [0.25, 0.3) is 0 Å². The molecule has 0 saturated heterocycles. The lowest BCUT2D eigenvalue weighted by Crippen LogP contribution is -2.27. The zero-order valence-electron chi connectivity index (χ0n) is 11.3. The summed E-state index contributed by atoms with van der Waals surface area (Å²) in [5, 5.41) is 0. The van der Waals surface area contributed by atoms with Crippen LogP contribution in [0.4, 0.5) is 0 Å². The molecule has 0 unspecified atom stereocenters. The normalized spacial score (nSPS) is 11.3. The molecule has 1 aromatic carbocycles. The van der Waals surface area contributed by atoms with Gasteiger partial charge in [-0.05, 0) is 40.5 Å². The Kier molecular flexibility index (Phi) is 7.22. The zero-order valence-corrected chi connectivity index (χ0v) is 13.7. The third kappa shape index (κ3) is 5.24. The Balaban J connectivity index is 2.56. The molecule has 0 atom stereocenters. The van der Waals surface area contributed by atoms with E-state index in [1.807, 2.05) is 0 Å². The number of nitrogens with one attached hydrogen (secondary N) is 1. The summed E-state index contributed by atoms with van der Waals surface area (Å²) in [6.07, 6.45) is 2.50. The van der Waals surface area contributed by atoms with Crippen LogP contribution in [0.25, 0.3) is 0 Å². The van der Waals surface area contributed by atoms with E-state index in [1.54, 1.807) is 12.1 Å². The molecule has 0 spiro atoms. The van der Waals surface area contributed by atoms with E-state index >= 15 is 0 Å². The number of hydrogen-bond acceptors (Lipinski definition) is 4. The number of sulfonamides is 1. The highest BCUT2D eigenvalue weighted by molar-refractivity contribution is 9.10. The number of ether oxygens (including phenoxy) is 2. The van der Waals surface area contributed by atoms with Crippen LogP contribution in [0.1, 0.15) is 6.42 Å². The Morgan fingerprint density at radius 2 is 2.15 bits per heavy atom. The van der Waals surface area contributed by atoms with Gasteiger partial charge >= 0.3 is 0 Å². The van der Waals surface area contributed by atoms with Crippen molar-refractivity contribution in [1.29, 1.82) is 0 Å². The van der Waals surface area contributed by atoms with Crippen LogP contribution in [0.5, 0.6) is 5.75 Å². The monoisotopic (exact) mass is 363 g/mol. The van der Waals surface area contributed by atoms with Crippen LogP contribution in [0.15, 0.2) is 40.2 Å². The first-order chi connectivity index (χ1) is 9.51. The molecule has 1 rings (SSSR count). The van der Waals surface area contributed by atoms with Crippen molar-refractivity contribution < 1.29 is 17.9 Å². The second-order valence-corrected chi connectivity index (χ2v) is 6.51. The van der Waals surface area contributed by atoms with Crippen molar-refractivity contribution in [2.45, 2.75) is 11.3 Å². The molecule has 0 aromatic heterocycles. The number of halogens is 1. The third-order valence-corrected chi connectivity index (χ3v) is 4.52. The SMILES string of the molecule is C=CCCOCCNS(=O)(=O)c1ccc(OC)c(Br)c1. The second kappa shape index (κ2) is 8.41. The minimum absolute atomic E-state index is 0.177. The molecule has 0 saturated carbocycles. The zero-order chi connectivity index (χ0) is 15.0. The van der Waals surface area contributed by atoms with E-state index in [9.17, 15) is 8.42 Å². The fraction of sp³-hybridized carbons (Fsp3) is 0.385. The first-order valence-corrected chi connectivity index (χ1v) is 8.30. The minimum Gasteiger partial charge on any atom is -0.496 e. The van der Waals surface area contributed by atoms with Crippen molar-refractivity contribution in [2.24, 2.45) is 0 Å². The van der Waals surface area contributed by atoms with E-state index in [0.29, 0.717) is 23.4 Å². The topological polar surface area (TPSA) is 64.6 Å². The van der Waals surface area contributed by atoms with Gasteiger partial charge in [0.05, 0.1) is 29.7 Å². The maximum absolute atomic E-state index is 12.0. The van der Waals surface area contributed by atoms with Gasteiger partial charge in [0, 0.05) is 6.54 Å². The smallest absolute Gasteiger partial charge is 0.240 e. The van der Waals surface area contributed by atoms with E-state index in [1.165, 1.54) is 19.2 Å². The summed E-state index contributed by atoms with van der Waals surface area (Å²) in [5.41, 5.74) is 0. The minimum atomic E-state index is -3.54. The summed E-state index contributed by atoms with van der Waals surface area (Å²) in [7, 11) is -2.02. The molecule has 0 amide bonds. The summed E-state index contributed by atoms with van der Waals surface area (Å²) < 4.78 is 37.4. The van der Waals surface area contributed by atoms with Crippen molar-refractivity contribution >= 4 is 26.0 Å². The lowest BCUT2D eigenvalue weighted by Gasteiger charge is -2.09. The van der Waals surface area contributed by atoms with Crippen LogP contribution in [-0.2, 0) is 14.8 Å². The van der Waals surface area contributed by atoms with Crippen LogP contribution in [-0.4, -0.2) is 35.3 Å². The number of rotatable bonds is 9. The molecule has 112 valence electrons. The van der Waals surface area contributed by atoms with Crippen molar-refractivity contribution in [3.63, 3.8) is 0 Å². The van der Waals surface area contributed by atoms with E-state index in [4.69, 9.17) is 9.47 Å². The molecule has 5 nitrogen and oxygen atoms in total. The lowest BCUT2D eigenvalue weighted by molar-refractivity contribution is 0.144. The molecule has 0 aliphatic rings. The van der Waals surface area contributed by atoms with Gasteiger partial charge < -0.3 is 9.47 Å². The summed E-state index contributed by atoms with van der Waals surface area (Å²) >= 11 is 3.26. The molecule has 7 heteroatoms. The van der Waals surface area contributed by atoms with E-state index < -0.39 is 10.0 Å². The molecule has 0 bridgehead atoms. The number of benzene rings is 1. The molecule has 0 radical (unpaired) electrons. The van der Waals surface area contributed by atoms with Gasteiger partial charge in [-0.2, -0.15) is 0 Å². The van der Waals surface area contributed by atoms with Crippen molar-refractivity contribution in [2.75, 3.05) is 26.9 Å². The highest BCUT2D eigenvalue weighted by atomic mass is 79.9. The Labute approximate surface area is 128 Å². The first-order valence-electron chi connectivity index (χ1n) is 6.03. The van der Waals surface area contributed by atoms with Crippen LogP contribution in [0.3, 0.4) is 0 Å². The lowest BCUT2D eigenvalue weighted by atomic mass is 10.3. The fourth-order valence-corrected chi connectivity index (χ4v) is 3.15. The molecule has 0 aliphatic carbocycles. The largest absolute Gasteiger partial charge is 0.496 e. The summed E-state index contributed by atoms with van der Waals surface area (Å²) in [6, 6.07) is 4.59. The van der Waals surface area contributed by atoms with Gasteiger partial charge in [-0.15, -0.1) is 6.58 Å². The molecule has 1 N–H and O–H groups in total. The predicted octanol–water partition coefficient (Wildman–Crippen LogP) is 2.33.